The van der Waals surface area contributed by atoms with Gasteiger partial charge in [0, 0.05) is 19.6 Å². The molecule has 2 heterocycles. The summed E-state index contributed by atoms with van der Waals surface area (Å²) in [4.78, 5) is 45.8. The third-order valence-electron chi connectivity index (χ3n) is 5.55. The van der Waals surface area contributed by atoms with Gasteiger partial charge < -0.3 is 14.8 Å². The molecule has 0 saturated carbocycles. The van der Waals surface area contributed by atoms with Crippen molar-refractivity contribution in [3.05, 3.63) is 99.0 Å². The molecule has 1 N–H and O–H groups in total. The number of amides is 1. The van der Waals surface area contributed by atoms with Gasteiger partial charge in [-0.3, -0.25) is 14.2 Å². The highest BCUT2D eigenvalue weighted by Crippen LogP contribution is 2.12. The quantitative estimate of drug-likeness (QED) is 0.404. The molecule has 0 aliphatic rings. The number of hydrogen-bond donors (Lipinski definition) is 1. The van der Waals surface area contributed by atoms with Crippen molar-refractivity contribution >= 4 is 17.1 Å². The Kier molecular flexibility index (Phi) is 7.03. The van der Waals surface area contributed by atoms with Gasteiger partial charge in [-0.05, 0) is 25.2 Å². The lowest BCUT2D eigenvalue weighted by Crippen LogP contribution is -2.45. The number of rotatable bonds is 9. The summed E-state index contributed by atoms with van der Waals surface area (Å²) >= 11 is 0. The molecule has 0 unspecified atom stereocenters. The fraction of sp³-hybridized carbons (Fsp3) is 0.280. The van der Waals surface area contributed by atoms with Gasteiger partial charge in [0.15, 0.2) is 11.2 Å². The third kappa shape index (κ3) is 5.15. The fourth-order valence-electron chi connectivity index (χ4n) is 3.81. The predicted molar refractivity (Wildman–Crippen MR) is 131 cm³/mol. The van der Waals surface area contributed by atoms with Crippen LogP contribution in [0, 0.1) is 0 Å². The van der Waals surface area contributed by atoms with Gasteiger partial charge in [-0.2, -0.15) is 0 Å². The van der Waals surface area contributed by atoms with Crippen LogP contribution in [-0.4, -0.2) is 56.7 Å². The molecule has 2 aromatic carbocycles. The van der Waals surface area contributed by atoms with Crippen molar-refractivity contribution < 1.29 is 4.79 Å². The van der Waals surface area contributed by atoms with E-state index in [1.54, 1.807) is 10.9 Å². The molecule has 0 aliphatic heterocycles. The molecule has 0 fully saturated rings. The fourth-order valence-corrected chi connectivity index (χ4v) is 3.81. The van der Waals surface area contributed by atoms with Crippen LogP contribution in [0.25, 0.3) is 11.2 Å². The maximum absolute atomic E-state index is 13.4. The number of imidazole rings is 1. The minimum absolute atomic E-state index is 0.237. The summed E-state index contributed by atoms with van der Waals surface area (Å²) < 4.78 is 4.19. The zero-order valence-electron chi connectivity index (χ0n) is 19.3. The molecule has 0 spiro atoms. The molecule has 1 amide bonds. The van der Waals surface area contributed by atoms with E-state index in [0.717, 1.165) is 15.7 Å². The average molecular weight is 461 g/mol. The Morgan fingerprint density at radius 3 is 2.15 bits per heavy atom. The van der Waals surface area contributed by atoms with Crippen LogP contribution >= 0.6 is 0 Å². The largest absolute Gasteiger partial charge is 0.353 e. The van der Waals surface area contributed by atoms with E-state index in [9.17, 15) is 14.4 Å². The number of aromatic nitrogens is 4. The Bertz CT molecular complexity index is 1390. The summed E-state index contributed by atoms with van der Waals surface area (Å²) in [6.45, 7) is 1.38. The van der Waals surface area contributed by atoms with Crippen LogP contribution in [0.15, 0.2) is 76.6 Å². The highest BCUT2D eigenvalue weighted by molar-refractivity contribution is 5.76. The number of carbonyl (C=O) groups is 1. The number of benzene rings is 2. The van der Waals surface area contributed by atoms with Gasteiger partial charge in [-0.15, -0.1) is 0 Å². The number of carbonyl (C=O) groups excluding carboxylic acids is 1. The summed E-state index contributed by atoms with van der Waals surface area (Å²) in [6.07, 6.45) is 1.57. The monoisotopic (exact) mass is 460 g/mol. The smallest absolute Gasteiger partial charge is 0.333 e. The standard InChI is InChI=1S/C25H28N6O3/c1-28(2)14-13-26-21(32)17-31-24(33)22-23(27-18-29(22)15-19-9-5-3-6-10-19)30(25(31)34)16-20-11-7-4-8-12-20/h3-12,18H,13-17H2,1-2H3,(H,26,32). The van der Waals surface area contributed by atoms with Crippen LogP contribution in [0.4, 0.5) is 0 Å². The summed E-state index contributed by atoms with van der Waals surface area (Å²) in [6, 6.07) is 19.2. The second-order valence-electron chi connectivity index (χ2n) is 8.43. The van der Waals surface area contributed by atoms with Crippen LogP contribution < -0.4 is 16.6 Å². The van der Waals surface area contributed by atoms with Crippen LogP contribution in [0.3, 0.4) is 0 Å². The molecule has 9 heteroatoms. The Morgan fingerprint density at radius 1 is 0.912 bits per heavy atom. The first-order valence-electron chi connectivity index (χ1n) is 11.1. The van der Waals surface area contributed by atoms with E-state index in [0.29, 0.717) is 30.8 Å². The molecule has 176 valence electrons. The number of fused-ring (bicyclic) bond motifs is 1. The summed E-state index contributed by atoms with van der Waals surface area (Å²) in [7, 11) is 3.81. The maximum atomic E-state index is 13.4. The summed E-state index contributed by atoms with van der Waals surface area (Å²) in [5.74, 6) is -0.388. The molecule has 2 aromatic heterocycles. The van der Waals surface area contributed by atoms with Gasteiger partial charge in [-0.1, -0.05) is 60.7 Å². The van der Waals surface area contributed by atoms with E-state index in [1.165, 1.54) is 4.57 Å². The third-order valence-corrected chi connectivity index (χ3v) is 5.55. The topological polar surface area (TPSA) is 94.2 Å². The van der Waals surface area contributed by atoms with Crippen molar-refractivity contribution in [3.8, 4) is 0 Å². The number of likely N-dealkylation sites (N-methyl/N-ethyl adjacent to an activating group) is 1. The zero-order valence-corrected chi connectivity index (χ0v) is 19.3. The Balaban J connectivity index is 1.78. The van der Waals surface area contributed by atoms with Gasteiger partial charge >= 0.3 is 5.69 Å². The van der Waals surface area contributed by atoms with Crippen LogP contribution in [0.1, 0.15) is 11.1 Å². The molecule has 4 rings (SSSR count). The van der Waals surface area contributed by atoms with Crippen molar-refractivity contribution in [2.75, 3.05) is 27.2 Å². The lowest BCUT2D eigenvalue weighted by molar-refractivity contribution is -0.121. The second-order valence-corrected chi connectivity index (χ2v) is 8.43. The molecule has 0 radical (unpaired) electrons. The van der Waals surface area contributed by atoms with Crippen LogP contribution in [-0.2, 0) is 24.4 Å². The molecule has 0 aliphatic carbocycles. The minimum Gasteiger partial charge on any atom is -0.353 e. The van der Waals surface area contributed by atoms with Gasteiger partial charge in [-0.25, -0.2) is 14.3 Å². The minimum atomic E-state index is -0.561. The lowest BCUT2D eigenvalue weighted by atomic mass is 10.2. The van der Waals surface area contributed by atoms with E-state index in [2.05, 4.69) is 10.3 Å². The van der Waals surface area contributed by atoms with Crippen molar-refractivity contribution in [2.45, 2.75) is 19.6 Å². The first-order valence-corrected chi connectivity index (χ1v) is 11.1. The number of hydrogen-bond acceptors (Lipinski definition) is 5. The highest BCUT2D eigenvalue weighted by atomic mass is 16.2. The normalized spacial score (nSPS) is 11.3. The first-order chi connectivity index (χ1) is 16.4. The van der Waals surface area contributed by atoms with Crippen molar-refractivity contribution in [1.82, 2.24) is 28.9 Å². The molecular formula is C25H28N6O3. The highest BCUT2D eigenvalue weighted by Gasteiger charge is 2.20. The SMILES string of the molecule is CN(C)CCNC(=O)Cn1c(=O)c2c(ncn2Cc2ccccc2)n(Cc2ccccc2)c1=O. The van der Waals surface area contributed by atoms with Crippen molar-refractivity contribution in [3.63, 3.8) is 0 Å². The first kappa shape index (κ1) is 23.2. The molecule has 0 saturated heterocycles. The predicted octanol–water partition coefficient (Wildman–Crippen LogP) is 1.13. The van der Waals surface area contributed by atoms with Gasteiger partial charge in [0.1, 0.15) is 6.54 Å². The molecule has 0 atom stereocenters. The molecular weight excluding hydrogens is 432 g/mol. The Hall–Kier alpha value is -3.98. The maximum Gasteiger partial charge on any atom is 0.333 e. The number of nitrogens with one attached hydrogen (secondary N) is 1. The van der Waals surface area contributed by atoms with Crippen LogP contribution in [0.5, 0.6) is 0 Å². The Labute approximate surface area is 196 Å². The average Bonchev–Trinajstić information content (AvgIpc) is 3.24. The number of nitrogens with zero attached hydrogens (tertiary/aromatic N) is 5. The second kappa shape index (κ2) is 10.3. The molecule has 9 nitrogen and oxygen atoms in total. The van der Waals surface area contributed by atoms with E-state index in [4.69, 9.17) is 0 Å². The van der Waals surface area contributed by atoms with Gasteiger partial charge in [0.05, 0.1) is 12.9 Å². The van der Waals surface area contributed by atoms with Gasteiger partial charge in [0.25, 0.3) is 5.56 Å². The Morgan fingerprint density at radius 2 is 1.53 bits per heavy atom. The summed E-state index contributed by atoms with van der Waals surface area (Å²) in [5.41, 5.74) is 1.40. The van der Waals surface area contributed by atoms with E-state index >= 15 is 0 Å². The van der Waals surface area contributed by atoms with E-state index in [1.807, 2.05) is 79.7 Å². The van der Waals surface area contributed by atoms with Crippen molar-refractivity contribution in [2.24, 2.45) is 0 Å². The van der Waals surface area contributed by atoms with Crippen LogP contribution in [0.2, 0.25) is 0 Å². The van der Waals surface area contributed by atoms with E-state index in [-0.39, 0.29) is 19.0 Å². The molecule has 34 heavy (non-hydrogen) atoms. The van der Waals surface area contributed by atoms with Crippen molar-refractivity contribution in [1.29, 1.82) is 0 Å². The van der Waals surface area contributed by atoms with E-state index < -0.39 is 11.2 Å². The lowest BCUT2D eigenvalue weighted by Gasteiger charge is -2.14. The zero-order chi connectivity index (χ0) is 24.1. The summed E-state index contributed by atoms with van der Waals surface area (Å²) in [5, 5.41) is 2.77. The van der Waals surface area contributed by atoms with Gasteiger partial charge in [0.2, 0.25) is 5.91 Å². The molecule has 4 aromatic rings. The molecule has 0 bridgehead atoms.